The molecule has 0 amide bonds. The van der Waals surface area contributed by atoms with Crippen molar-refractivity contribution in [3.05, 3.63) is 24.3 Å². The Bertz CT molecular complexity index is 345. The zero-order valence-electron chi connectivity index (χ0n) is 6.73. The molecule has 0 fully saturated rings. The van der Waals surface area contributed by atoms with Crippen molar-refractivity contribution in [1.29, 1.82) is 10.5 Å². The van der Waals surface area contributed by atoms with Crippen molar-refractivity contribution >= 4 is 0 Å². The molecule has 0 unspecified atom stereocenters. The van der Waals surface area contributed by atoms with Gasteiger partial charge in [-0.3, -0.25) is 0 Å². The number of hydrogen-bond acceptors (Lipinski definition) is 4. The molecule has 13 heavy (non-hydrogen) atoms. The van der Waals surface area contributed by atoms with E-state index in [1.54, 1.807) is 30.5 Å². The summed E-state index contributed by atoms with van der Waals surface area (Å²) in [6.45, 7) is 0.0124. The van der Waals surface area contributed by atoms with Crippen LogP contribution in [0.5, 0.6) is 11.5 Å². The number of benzene rings is 1. The number of nitriles is 2. The quantitative estimate of drug-likeness (QED) is 0.650. The van der Waals surface area contributed by atoms with Gasteiger partial charge in [0.25, 0.3) is 6.26 Å². The topological polar surface area (TPSA) is 66.0 Å². The van der Waals surface area contributed by atoms with Crippen molar-refractivity contribution in [2.24, 2.45) is 0 Å². The molecule has 0 radical (unpaired) electrons. The SMILES string of the molecule is N#CCOc1ccc(OC#N)cc1. The monoisotopic (exact) mass is 174 g/mol. The average molecular weight is 174 g/mol. The van der Waals surface area contributed by atoms with Crippen LogP contribution in [0.3, 0.4) is 0 Å². The largest absolute Gasteiger partial charge is 0.479 e. The van der Waals surface area contributed by atoms with Crippen LogP contribution in [0.2, 0.25) is 0 Å². The highest BCUT2D eigenvalue weighted by Crippen LogP contribution is 2.16. The summed E-state index contributed by atoms with van der Waals surface area (Å²) in [5, 5.41) is 16.4. The summed E-state index contributed by atoms with van der Waals surface area (Å²) >= 11 is 0. The number of ether oxygens (including phenoxy) is 2. The van der Waals surface area contributed by atoms with Crippen LogP contribution in [0, 0.1) is 22.8 Å². The Labute approximate surface area is 75.5 Å². The van der Waals surface area contributed by atoms with E-state index in [1.807, 2.05) is 6.07 Å². The highest BCUT2D eigenvalue weighted by molar-refractivity contribution is 5.31. The van der Waals surface area contributed by atoms with Crippen molar-refractivity contribution in [1.82, 2.24) is 0 Å². The number of nitrogens with zero attached hydrogens (tertiary/aromatic N) is 2. The van der Waals surface area contributed by atoms with Gasteiger partial charge in [-0.2, -0.15) is 5.26 Å². The summed E-state index contributed by atoms with van der Waals surface area (Å²) in [4.78, 5) is 0. The predicted molar refractivity (Wildman–Crippen MR) is 43.8 cm³/mol. The van der Waals surface area contributed by atoms with E-state index in [1.165, 1.54) is 0 Å². The van der Waals surface area contributed by atoms with Gasteiger partial charge in [-0.15, -0.1) is 5.26 Å². The highest BCUT2D eigenvalue weighted by Gasteiger charge is 1.94. The lowest BCUT2D eigenvalue weighted by Crippen LogP contribution is -1.92. The maximum absolute atomic E-state index is 8.22. The third kappa shape index (κ3) is 2.72. The van der Waals surface area contributed by atoms with Crippen molar-refractivity contribution in [2.45, 2.75) is 0 Å². The van der Waals surface area contributed by atoms with Gasteiger partial charge in [0.05, 0.1) is 0 Å². The highest BCUT2D eigenvalue weighted by atomic mass is 16.5. The predicted octanol–water partition coefficient (Wildman–Crippen LogP) is 1.45. The van der Waals surface area contributed by atoms with E-state index < -0.39 is 0 Å². The molecule has 1 aromatic carbocycles. The Hall–Kier alpha value is -2.20. The molecule has 4 heteroatoms. The van der Waals surface area contributed by atoms with Crippen molar-refractivity contribution in [3.63, 3.8) is 0 Å². The van der Waals surface area contributed by atoms with Gasteiger partial charge in [-0.05, 0) is 24.3 Å². The summed E-state index contributed by atoms with van der Waals surface area (Å²) in [5.41, 5.74) is 0. The molecular formula is C9H6N2O2. The summed E-state index contributed by atoms with van der Waals surface area (Å²) in [7, 11) is 0. The Morgan fingerprint density at radius 1 is 1.08 bits per heavy atom. The molecule has 0 N–H and O–H groups in total. The second-order valence-corrected chi connectivity index (χ2v) is 2.11. The van der Waals surface area contributed by atoms with E-state index >= 15 is 0 Å². The smallest absolute Gasteiger partial charge is 0.292 e. The van der Waals surface area contributed by atoms with E-state index in [9.17, 15) is 0 Å². The standard InChI is InChI=1S/C9H6N2O2/c10-5-6-12-8-1-3-9(4-2-8)13-7-11/h1-4H,6H2. The fourth-order valence-corrected chi connectivity index (χ4v) is 0.772. The van der Waals surface area contributed by atoms with Crippen LogP contribution in [-0.2, 0) is 0 Å². The van der Waals surface area contributed by atoms with Crippen LogP contribution < -0.4 is 9.47 Å². The molecule has 0 aliphatic carbocycles. The second kappa shape index (κ2) is 4.63. The molecule has 64 valence electrons. The van der Waals surface area contributed by atoms with E-state index in [4.69, 9.17) is 15.3 Å². The Morgan fingerprint density at radius 3 is 2.23 bits per heavy atom. The maximum Gasteiger partial charge on any atom is 0.292 e. The average Bonchev–Trinajstić information content (AvgIpc) is 2.17. The van der Waals surface area contributed by atoms with Gasteiger partial charge < -0.3 is 9.47 Å². The first-order valence-corrected chi connectivity index (χ1v) is 3.52. The third-order valence-electron chi connectivity index (χ3n) is 1.29. The molecule has 1 aromatic rings. The lowest BCUT2D eigenvalue weighted by atomic mass is 10.3. The molecule has 0 spiro atoms. The van der Waals surface area contributed by atoms with Crippen molar-refractivity contribution < 1.29 is 9.47 Å². The van der Waals surface area contributed by atoms with Crippen molar-refractivity contribution in [3.8, 4) is 23.8 Å². The van der Waals surface area contributed by atoms with Gasteiger partial charge in [-0.1, -0.05) is 0 Å². The first kappa shape index (κ1) is 8.89. The molecule has 0 bridgehead atoms. The minimum absolute atomic E-state index is 0.0124. The van der Waals surface area contributed by atoms with E-state index in [2.05, 4.69) is 4.74 Å². The lowest BCUT2D eigenvalue weighted by molar-refractivity contribution is 0.367. The molecule has 1 rings (SSSR count). The van der Waals surface area contributed by atoms with Gasteiger partial charge in [0, 0.05) is 0 Å². The Kier molecular flexibility index (Phi) is 3.17. The second-order valence-electron chi connectivity index (χ2n) is 2.11. The molecule has 0 saturated heterocycles. The van der Waals surface area contributed by atoms with Gasteiger partial charge in [-0.25, -0.2) is 0 Å². The van der Waals surface area contributed by atoms with Gasteiger partial charge in [0.1, 0.15) is 17.6 Å². The molecule has 0 aliphatic rings. The Morgan fingerprint density at radius 2 is 1.69 bits per heavy atom. The van der Waals surface area contributed by atoms with Crippen molar-refractivity contribution in [2.75, 3.05) is 6.61 Å². The van der Waals surface area contributed by atoms with E-state index in [0.29, 0.717) is 11.5 Å². The van der Waals surface area contributed by atoms with Crippen LogP contribution in [0.4, 0.5) is 0 Å². The summed E-state index contributed by atoms with van der Waals surface area (Å²) in [5.74, 6) is 1.03. The Balaban J connectivity index is 2.61. The fourth-order valence-electron chi connectivity index (χ4n) is 0.772. The van der Waals surface area contributed by atoms with Crippen LogP contribution in [0.25, 0.3) is 0 Å². The van der Waals surface area contributed by atoms with Gasteiger partial charge in [0.2, 0.25) is 0 Å². The first-order valence-electron chi connectivity index (χ1n) is 3.52. The minimum Gasteiger partial charge on any atom is -0.479 e. The van der Waals surface area contributed by atoms with Gasteiger partial charge >= 0.3 is 0 Å². The molecule has 0 aliphatic heterocycles. The first-order chi connectivity index (χ1) is 6.36. The molecule has 0 atom stereocenters. The minimum atomic E-state index is 0.0124. The van der Waals surface area contributed by atoms with Crippen LogP contribution in [0.15, 0.2) is 24.3 Å². The van der Waals surface area contributed by atoms with Crippen LogP contribution >= 0.6 is 0 Å². The molecule has 0 heterocycles. The summed E-state index contributed by atoms with van der Waals surface area (Å²) < 4.78 is 9.54. The third-order valence-corrected chi connectivity index (χ3v) is 1.29. The molecular weight excluding hydrogens is 168 g/mol. The number of rotatable bonds is 3. The van der Waals surface area contributed by atoms with E-state index in [0.717, 1.165) is 0 Å². The van der Waals surface area contributed by atoms with Crippen LogP contribution in [0.1, 0.15) is 0 Å². The number of hydrogen-bond donors (Lipinski definition) is 0. The van der Waals surface area contributed by atoms with Crippen LogP contribution in [-0.4, -0.2) is 6.61 Å². The summed E-state index contributed by atoms with van der Waals surface area (Å²) in [6.07, 6.45) is 1.55. The molecule has 0 aromatic heterocycles. The zero-order valence-corrected chi connectivity index (χ0v) is 6.73. The normalized spacial score (nSPS) is 8.15. The molecule has 4 nitrogen and oxygen atoms in total. The fraction of sp³-hybridized carbons (Fsp3) is 0.111. The summed E-state index contributed by atoms with van der Waals surface area (Å²) in [6, 6.07) is 8.29. The molecule has 0 saturated carbocycles. The van der Waals surface area contributed by atoms with Gasteiger partial charge in [0.15, 0.2) is 6.61 Å². The van der Waals surface area contributed by atoms with E-state index in [-0.39, 0.29) is 6.61 Å². The maximum atomic E-state index is 8.22. The lowest BCUT2D eigenvalue weighted by Gasteiger charge is -2.00. The zero-order chi connectivity index (χ0) is 9.52.